The van der Waals surface area contributed by atoms with Gasteiger partial charge in [0.1, 0.15) is 6.61 Å². The molecule has 0 aromatic heterocycles. The van der Waals surface area contributed by atoms with E-state index in [1.54, 1.807) is 0 Å². The number of rotatable bonds is 7. The molecule has 1 aromatic carbocycles. The Balaban J connectivity index is 2.44. The zero-order valence-corrected chi connectivity index (χ0v) is 12.0. The van der Waals surface area contributed by atoms with Crippen molar-refractivity contribution >= 4 is 30.4 Å². The molecule has 0 bridgehead atoms. The summed E-state index contributed by atoms with van der Waals surface area (Å²) in [5.41, 5.74) is 0.874. The van der Waals surface area contributed by atoms with Gasteiger partial charge in [-0.25, -0.2) is 0 Å². The highest BCUT2D eigenvalue weighted by Gasteiger charge is 2.17. The van der Waals surface area contributed by atoms with Gasteiger partial charge in [-0.3, -0.25) is 13.8 Å². The molecule has 5 nitrogen and oxygen atoms in total. The molecule has 0 heterocycles. The third-order valence-corrected chi connectivity index (χ3v) is 3.31. The maximum atomic E-state index is 11.7. The largest absolute Gasteiger partial charge is 0.461 e. The molecule has 1 aromatic rings. The second-order valence-corrected chi connectivity index (χ2v) is 5.78. The van der Waals surface area contributed by atoms with Crippen LogP contribution in [-0.4, -0.2) is 41.9 Å². The van der Waals surface area contributed by atoms with E-state index in [-0.39, 0.29) is 18.8 Å². The fourth-order valence-electron chi connectivity index (χ4n) is 1.63. The second kappa shape index (κ2) is 8.53. The van der Waals surface area contributed by atoms with Crippen molar-refractivity contribution in [3.63, 3.8) is 0 Å². The summed E-state index contributed by atoms with van der Waals surface area (Å²) in [5, 5.41) is 2.39. The van der Waals surface area contributed by atoms with E-state index in [4.69, 9.17) is 12.6 Å². The molecule has 20 heavy (non-hydrogen) atoms. The summed E-state index contributed by atoms with van der Waals surface area (Å²) in [7, 11) is 3.86. The maximum absolute atomic E-state index is 11.7. The van der Waals surface area contributed by atoms with Gasteiger partial charge in [0.05, 0.1) is 6.42 Å². The molecule has 7 heteroatoms. The van der Waals surface area contributed by atoms with Crippen molar-refractivity contribution in [1.82, 2.24) is 5.32 Å². The average molecular weight is 293 g/mol. The molecular weight excluding hydrogens is 277 g/mol. The monoisotopic (exact) mass is 293 g/mol. The van der Waals surface area contributed by atoms with Crippen molar-refractivity contribution in [1.29, 1.82) is 0 Å². The summed E-state index contributed by atoms with van der Waals surface area (Å²) in [6.45, 7) is 0.165. The van der Waals surface area contributed by atoms with Crippen molar-refractivity contribution in [2.45, 2.75) is 19.1 Å². The molecule has 1 rings (SSSR count). The number of benzene rings is 1. The molecular formula is C13H16BNO4S. The Morgan fingerprint density at radius 3 is 2.55 bits per heavy atom. The molecule has 2 atom stereocenters. The van der Waals surface area contributed by atoms with Gasteiger partial charge in [-0.05, 0) is 5.56 Å². The number of carbonyl (C=O) groups excluding carboxylic acids is 2. The van der Waals surface area contributed by atoms with E-state index in [2.05, 4.69) is 5.32 Å². The van der Waals surface area contributed by atoms with Crippen molar-refractivity contribution in [2.24, 2.45) is 0 Å². The van der Waals surface area contributed by atoms with Crippen LogP contribution >= 0.6 is 0 Å². The van der Waals surface area contributed by atoms with Gasteiger partial charge >= 0.3 is 5.97 Å². The zero-order valence-electron chi connectivity index (χ0n) is 11.2. The highest BCUT2D eigenvalue weighted by atomic mass is 32.2. The quantitative estimate of drug-likeness (QED) is 0.594. The number of ether oxygens (including phenoxy) is 1. The summed E-state index contributed by atoms with van der Waals surface area (Å²) >= 11 is 0. The lowest BCUT2D eigenvalue weighted by Gasteiger charge is -2.16. The molecule has 106 valence electrons. The number of nitrogens with one attached hydrogen (secondary N) is 1. The van der Waals surface area contributed by atoms with Gasteiger partial charge in [-0.1, -0.05) is 30.3 Å². The van der Waals surface area contributed by atoms with E-state index in [9.17, 15) is 13.8 Å². The predicted molar refractivity (Wildman–Crippen MR) is 77.9 cm³/mol. The molecule has 0 aliphatic carbocycles. The Morgan fingerprint density at radius 2 is 2.00 bits per heavy atom. The van der Waals surface area contributed by atoms with Crippen LogP contribution in [0.2, 0.25) is 0 Å². The Morgan fingerprint density at radius 1 is 1.35 bits per heavy atom. The minimum atomic E-state index is -1.15. The van der Waals surface area contributed by atoms with Crippen LogP contribution in [0.5, 0.6) is 0 Å². The van der Waals surface area contributed by atoms with Crippen LogP contribution in [-0.2, 0) is 26.9 Å². The first-order valence-corrected chi connectivity index (χ1v) is 7.75. The molecule has 0 saturated carbocycles. The first kappa shape index (κ1) is 16.4. The van der Waals surface area contributed by atoms with Gasteiger partial charge in [0.15, 0.2) is 5.81 Å². The Bertz CT molecular complexity index is 465. The van der Waals surface area contributed by atoms with E-state index in [0.29, 0.717) is 0 Å². The van der Waals surface area contributed by atoms with Gasteiger partial charge in [0.2, 0.25) is 7.85 Å². The third kappa shape index (κ3) is 7.08. The SMILES string of the molecule is [B]C(=O)NC(CC(=O)OCc1ccccc1)CS(C)=O. The van der Waals surface area contributed by atoms with E-state index >= 15 is 0 Å². The van der Waals surface area contributed by atoms with Gasteiger partial charge in [0.25, 0.3) is 0 Å². The summed E-state index contributed by atoms with van der Waals surface area (Å²) in [5.74, 6) is -1.07. The third-order valence-electron chi connectivity index (χ3n) is 2.44. The van der Waals surface area contributed by atoms with Crippen molar-refractivity contribution in [2.75, 3.05) is 12.0 Å². The van der Waals surface area contributed by atoms with Crippen molar-refractivity contribution < 1.29 is 18.5 Å². The fraction of sp³-hybridized carbons (Fsp3) is 0.385. The molecule has 0 aliphatic heterocycles. The van der Waals surface area contributed by atoms with Crippen LogP contribution < -0.4 is 5.32 Å². The lowest BCUT2D eigenvalue weighted by Crippen LogP contribution is -2.39. The smallest absolute Gasteiger partial charge is 0.308 e. The molecule has 1 N–H and O–H groups in total. The molecule has 0 aliphatic rings. The van der Waals surface area contributed by atoms with Crippen LogP contribution in [0.3, 0.4) is 0 Å². The maximum Gasteiger partial charge on any atom is 0.308 e. The summed E-state index contributed by atoms with van der Waals surface area (Å²) < 4.78 is 16.3. The van der Waals surface area contributed by atoms with E-state index in [1.165, 1.54) is 6.26 Å². The summed E-state index contributed by atoms with van der Waals surface area (Å²) in [6.07, 6.45) is 1.43. The van der Waals surface area contributed by atoms with Crippen LogP contribution in [0.25, 0.3) is 0 Å². The van der Waals surface area contributed by atoms with Crippen molar-refractivity contribution in [3.8, 4) is 0 Å². The lowest BCUT2D eigenvalue weighted by molar-refractivity contribution is -0.145. The van der Waals surface area contributed by atoms with Crippen LogP contribution in [0, 0.1) is 0 Å². The molecule has 0 saturated heterocycles. The van der Waals surface area contributed by atoms with Gasteiger partial charge in [0, 0.05) is 28.9 Å². The first-order valence-electron chi connectivity index (χ1n) is 6.03. The topological polar surface area (TPSA) is 72.5 Å². The summed E-state index contributed by atoms with van der Waals surface area (Å²) in [4.78, 5) is 22.5. The summed E-state index contributed by atoms with van der Waals surface area (Å²) in [6, 6.07) is 8.67. The minimum Gasteiger partial charge on any atom is -0.461 e. The Hall–Kier alpha value is -1.63. The highest BCUT2D eigenvalue weighted by Crippen LogP contribution is 2.04. The molecule has 0 spiro atoms. The number of hydrogen-bond donors (Lipinski definition) is 1. The van der Waals surface area contributed by atoms with E-state index in [1.807, 2.05) is 30.3 Å². The Labute approximate surface area is 121 Å². The first-order chi connectivity index (χ1) is 9.47. The fourth-order valence-corrected chi connectivity index (χ4v) is 2.40. The highest BCUT2D eigenvalue weighted by molar-refractivity contribution is 7.84. The normalized spacial score (nSPS) is 13.2. The minimum absolute atomic E-state index is 0.0602. The molecule has 1 amide bonds. The van der Waals surface area contributed by atoms with E-state index < -0.39 is 28.6 Å². The molecule has 2 radical (unpaired) electrons. The van der Waals surface area contributed by atoms with Crippen LogP contribution in [0.15, 0.2) is 30.3 Å². The van der Waals surface area contributed by atoms with Gasteiger partial charge < -0.3 is 10.1 Å². The molecule has 2 unspecified atom stereocenters. The van der Waals surface area contributed by atoms with Crippen LogP contribution in [0.4, 0.5) is 4.79 Å². The molecule has 0 fully saturated rings. The predicted octanol–water partition coefficient (Wildman–Crippen LogP) is 0.745. The van der Waals surface area contributed by atoms with E-state index in [0.717, 1.165) is 5.56 Å². The van der Waals surface area contributed by atoms with Crippen molar-refractivity contribution in [3.05, 3.63) is 35.9 Å². The second-order valence-electron chi connectivity index (χ2n) is 4.30. The standard InChI is InChI=1S/C13H16BNO4S/c1-20(18)9-11(15-13(14)17)7-12(16)19-8-10-5-3-2-4-6-10/h2-6,11H,7-9H2,1H3,(H,15,17). The van der Waals surface area contributed by atoms with Crippen LogP contribution in [0.1, 0.15) is 12.0 Å². The zero-order chi connectivity index (χ0) is 15.0. The average Bonchev–Trinajstić information content (AvgIpc) is 2.36. The number of esters is 1. The number of carbonyl (C=O) groups is 2. The van der Waals surface area contributed by atoms with Gasteiger partial charge in [-0.2, -0.15) is 0 Å². The lowest BCUT2D eigenvalue weighted by atomic mass is 10.1. The Kier molecular flexibility index (Phi) is 7.00. The number of amides is 1. The number of hydrogen-bond acceptors (Lipinski definition) is 4. The van der Waals surface area contributed by atoms with Gasteiger partial charge in [-0.15, -0.1) is 0 Å².